The lowest BCUT2D eigenvalue weighted by atomic mass is 10.1. The predicted molar refractivity (Wildman–Crippen MR) is 74.1 cm³/mol. The van der Waals surface area contributed by atoms with Crippen LogP contribution in [-0.4, -0.2) is 0 Å². The fraction of sp³-hybridized carbons (Fsp3) is 0. The highest BCUT2D eigenvalue weighted by Gasteiger charge is 2.10. The number of fused-ring (bicyclic) bond motifs is 2. The number of halogens is 3. The van der Waals surface area contributed by atoms with Crippen molar-refractivity contribution in [1.29, 1.82) is 0 Å². The molecule has 0 amide bonds. The summed E-state index contributed by atoms with van der Waals surface area (Å²) in [5, 5.41) is 3.75. The van der Waals surface area contributed by atoms with E-state index in [1.807, 2.05) is 30.3 Å². The topological polar surface area (TPSA) is 13.1 Å². The summed E-state index contributed by atoms with van der Waals surface area (Å²) in [5.41, 5.74) is 0.798. The van der Waals surface area contributed by atoms with Crippen LogP contribution in [0.5, 0.6) is 0 Å². The van der Waals surface area contributed by atoms with Crippen molar-refractivity contribution in [3.05, 3.63) is 44.5 Å². The second-order valence-corrected chi connectivity index (χ2v) is 5.59. The largest absolute Gasteiger partial charge is 0.449 e. The van der Waals surface area contributed by atoms with Gasteiger partial charge in [-0.05, 0) is 39.5 Å². The van der Waals surface area contributed by atoms with E-state index in [1.165, 1.54) is 0 Å². The van der Waals surface area contributed by atoms with Crippen LogP contribution in [0, 0.1) is 0 Å². The van der Waals surface area contributed by atoms with Crippen molar-refractivity contribution >= 4 is 65.2 Å². The molecule has 0 aliphatic carbocycles. The van der Waals surface area contributed by atoms with E-state index < -0.39 is 0 Å². The van der Waals surface area contributed by atoms with Crippen LogP contribution < -0.4 is 0 Å². The fourth-order valence-electron chi connectivity index (χ4n) is 1.78. The summed E-state index contributed by atoms with van der Waals surface area (Å²) in [7, 11) is 0. The fourth-order valence-corrected chi connectivity index (χ4v) is 2.86. The lowest BCUT2D eigenvalue weighted by Gasteiger charge is -2.02. The molecule has 4 heteroatoms. The highest BCUT2D eigenvalue weighted by Crippen LogP contribution is 2.36. The second-order valence-electron chi connectivity index (χ2n) is 3.52. The molecule has 80 valence electrons. The summed E-state index contributed by atoms with van der Waals surface area (Å²) in [6.45, 7) is 0. The first kappa shape index (κ1) is 10.6. The van der Waals surface area contributed by atoms with Crippen LogP contribution in [0.2, 0.25) is 5.02 Å². The Kier molecular flexibility index (Phi) is 2.50. The van der Waals surface area contributed by atoms with Gasteiger partial charge in [0.1, 0.15) is 5.58 Å². The Balaban J connectivity index is 2.55. The van der Waals surface area contributed by atoms with E-state index in [4.69, 9.17) is 16.0 Å². The molecule has 16 heavy (non-hydrogen) atoms. The highest BCUT2D eigenvalue weighted by molar-refractivity contribution is 9.10. The molecule has 1 nitrogen and oxygen atoms in total. The minimum Gasteiger partial charge on any atom is -0.449 e. The van der Waals surface area contributed by atoms with Crippen molar-refractivity contribution in [2.45, 2.75) is 0 Å². The van der Waals surface area contributed by atoms with E-state index in [0.717, 1.165) is 31.2 Å². The molecule has 0 bridgehead atoms. The van der Waals surface area contributed by atoms with Crippen molar-refractivity contribution in [2.75, 3.05) is 0 Å². The molecule has 0 aliphatic rings. The Hall–Kier alpha value is -0.510. The third-order valence-electron chi connectivity index (χ3n) is 2.51. The molecule has 0 fully saturated rings. The Bertz CT molecular complexity index is 703. The van der Waals surface area contributed by atoms with Gasteiger partial charge in [-0.1, -0.05) is 33.6 Å². The quantitative estimate of drug-likeness (QED) is 0.496. The normalized spacial score (nSPS) is 11.4. The average Bonchev–Trinajstić information content (AvgIpc) is 2.61. The second kappa shape index (κ2) is 3.76. The maximum absolute atomic E-state index is 6.36. The molecule has 1 aromatic heterocycles. The van der Waals surface area contributed by atoms with E-state index in [0.29, 0.717) is 4.67 Å². The predicted octanol–water partition coefficient (Wildman–Crippen LogP) is 5.76. The Morgan fingerprint density at radius 1 is 1.00 bits per heavy atom. The molecule has 1 heterocycles. The van der Waals surface area contributed by atoms with E-state index in [1.54, 1.807) is 0 Å². The number of furan rings is 1. The van der Waals surface area contributed by atoms with Crippen LogP contribution in [0.4, 0.5) is 0 Å². The van der Waals surface area contributed by atoms with Gasteiger partial charge >= 0.3 is 0 Å². The summed E-state index contributed by atoms with van der Waals surface area (Å²) in [6, 6.07) is 9.90. The molecule has 0 saturated heterocycles. The molecule has 3 aromatic rings. The van der Waals surface area contributed by atoms with E-state index in [9.17, 15) is 0 Å². The van der Waals surface area contributed by atoms with Crippen LogP contribution >= 0.6 is 43.5 Å². The van der Waals surface area contributed by atoms with Gasteiger partial charge in [0.05, 0.1) is 5.02 Å². The first-order valence-corrected chi connectivity index (χ1v) is 6.58. The maximum atomic E-state index is 6.36. The molecular formula is C12H5Br2ClO. The van der Waals surface area contributed by atoms with Crippen molar-refractivity contribution in [3.63, 3.8) is 0 Å². The third kappa shape index (κ3) is 1.58. The summed E-state index contributed by atoms with van der Waals surface area (Å²) < 4.78 is 7.22. The smallest absolute Gasteiger partial charge is 0.170 e. The molecule has 0 unspecified atom stereocenters. The van der Waals surface area contributed by atoms with Crippen molar-refractivity contribution < 1.29 is 4.42 Å². The Morgan fingerprint density at radius 3 is 2.62 bits per heavy atom. The molecule has 0 spiro atoms. The van der Waals surface area contributed by atoms with Crippen LogP contribution in [0.15, 0.2) is 43.9 Å². The first-order chi connectivity index (χ1) is 7.65. The lowest BCUT2D eigenvalue weighted by molar-refractivity contribution is 0.588. The third-order valence-corrected chi connectivity index (χ3v) is 3.80. The number of hydrogen-bond donors (Lipinski definition) is 0. The maximum Gasteiger partial charge on any atom is 0.170 e. The van der Waals surface area contributed by atoms with Gasteiger partial charge in [-0.25, -0.2) is 0 Å². The van der Waals surface area contributed by atoms with Gasteiger partial charge in [-0.15, -0.1) is 0 Å². The molecule has 0 saturated carbocycles. The summed E-state index contributed by atoms with van der Waals surface area (Å²) in [5.74, 6) is 0. The Morgan fingerprint density at radius 2 is 1.81 bits per heavy atom. The van der Waals surface area contributed by atoms with Crippen LogP contribution in [0.25, 0.3) is 21.7 Å². The van der Waals surface area contributed by atoms with Crippen LogP contribution in [-0.2, 0) is 0 Å². The summed E-state index contributed by atoms with van der Waals surface area (Å²) >= 11 is 13.1. The number of hydrogen-bond acceptors (Lipinski definition) is 1. The summed E-state index contributed by atoms with van der Waals surface area (Å²) in [6.07, 6.45) is 0. The van der Waals surface area contributed by atoms with Crippen molar-refractivity contribution in [2.24, 2.45) is 0 Å². The van der Waals surface area contributed by atoms with Crippen molar-refractivity contribution in [1.82, 2.24) is 0 Å². The molecule has 0 aliphatic heterocycles. The molecule has 3 rings (SSSR count). The lowest BCUT2D eigenvalue weighted by Crippen LogP contribution is -1.76. The molecular weight excluding hydrogens is 355 g/mol. The van der Waals surface area contributed by atoms with Gasteiger partial charge in [-0.3, -0.25) is 0 Å². The monoisotopic (exact) mass is 358 g/mol. The average molecular weight is 360 g/mol. The molecule has 0 radical (unpaired) electrons. The van der Waals surface area contributed by atoms with Gasteiger partial charge < -0.3 is 4.42 Å². The van der Waals surface area contributed by atoms with E-state index in [-0.39, 0.29) is 0 Å². The van der Waals surface area contributed by atoms with Crippen LogP contribution in [0.3, 0.4) is 0 Å². The molecule has 0 N–H and O–H groups in total. The number of rotatable bonds is 0. The van der Waals surface area contributed by atoms with E-state index >= 15 is 0 Å². The Labute approximate surface area is 114 Å². The SMILES string of the molecule is Clc1c2cc(Br)ccc2cc2oc(Br)cc12. The summed E-state index contributed by atoms with van der Waals surface area (Å²) in [4.78, 5) is 0. The first-order valence-electron chi connectivity index (χ1n) is 4.62. The zero-order valence-electron chi connectivity index (χ0n) is 7.93. The minimum atomic E-state index is 0.693. The van der Waals surface area contributed by atoms with Gasteiger partial charge in [0.2, 0.25) is 0 Å². The standard InChI is InChI=1S/C12H5Br2ClO/c13-7-2-1-6-3-10-9(5-11(14)16-10)12(15)8(6)4-7/h1-5H. The number of benzene rings is 2. The van der Waals surface area contributed by atoms with E-state index in [2.05, 4.69) is 31.9 Å². The van der Waals surface area contributed by atoms with Gasteiger partial charge in [0.25, 0.3) is 0 Å². The zero-order chi connectivity index (χ0) is 11.3. The highest BCUT2D eigenvalue weighted by atomic mass is 79.9. The van der Waals surface area contributed by atoms with Crippen LogP contribution in [0.1, 0.15) is 0 Å². The van der Waals surface area contributed by atoms with Gasteiger partial charge in [-0.2, -0.15) is 0 Å². The zero-order valence-corrected chi connectivity index (χ0v) is 11.9. The molecule has 2 aromatic carbocycles. The van der Waals surface area contributed by atoms with Gasteiger partial charge in [0, 0.05) is 21.3 Å². The minimum absolute atomic E-state index is 0.693. The van der Waals surface area contributed by atoms with Crippen molar-refractivity contribution in [3.8, 4) is 0 Å². The molecule has 0 atom stereocenters. The van der Waals surface area contributed by atoms with Gasteiger partial charge in [0.15, 0.2) is 4.67 Å².